The van der Waals surface area contributed by atoms with Gasteiger partial charge >= 0.3 is 0 Å². The quantitative estimate of drug-likeness (QED) is 0.580. The summed E-state index contributed by atoms with van der Waals surface area (Å²) in [6.07, 6.45) is 0. The van der Waals surface area contributed by atoms with E-state index in [0.29, 0.717) is 24.1 Å². The van der Waals surface area contributed by atoms with Crippen LogP contribution < -0.4 is 10.3 Å². The molecule has 0 radical (unpaired) electrons. The van der Waals surface area contributed by atoms with Crippen LogP contribution in [0.3, 0.4) is 0 Å². The highest BCUT2D eigenvalue weighted by Crippen LogP contribution is 2.20. The van der Waals surface area contributed by atoms with E-state index in [9.17, 15) is 4.79 Å². The van der Waals surface area contributed by atoms with E-state index in [4.69, 9.17) is 4.74 Å². The standard InChI is InChI=1S/C19H15N3O2/c23-19-17-7-3-4-8-18(17)20-21-22(19)11-12-24-16-10-9-14-5-1-2-6-15(14)13-16/h1-10,13H,11-12H2. The molecule has 0 spiro atoms. The second kappa shape index (κ2) is 6.12. The second-order valence-corrected chi connectivity index (χ2v) is 5.49. The number of fused-ring (bicyclic) bond motifs is 2. The number of nitrogens with zero attached hydrogens (tertiary/aromatic N) is 3. The molecule has 0 saturated carbocycles. The zero-order chi connectivity index (χ0) is 16.4. The maximum Gasteiger partial charge on any atom is 0.277 e. The molecule has 0 bridgehead atoms. The molecule has 0 aliphatic heterocycles. The summed E-state index contributed by atoms with van der Waals surface area (Å²) < 4.78 is 7.09. The lowest BCUT2D eigenvalue weighted by atomic mass is 10.1. The van der Waals surface area contributed by atoms with Crippen molar-refractivity contribution in [3.63, 3.8) is 0 Å². The van der Waals surface area contributed by atoms with Crippen molar-refractivity contribution in [2.75, 3.05) is 6.61 Å². The minimum atomic E-state index is -0.150. The summed E-state index contributed by atoms with van der Waals surface area (Å²) in [5.74, 6) is 0.774. The van der Waals surface area contributed by atoms with Crippen LogP contribution in [-0.4, -0.2) is 21.6 Å². The normalized spacial score (nSPS) is 11.0. The van der Waals surface area contributed by atoms with Gasteiger partial charge < -0.3 is 4.74 Å². The van der Waals surface area contributed by atoms with E-state index in [2.05, 4.69) is 16.4 Å². The number of ether oxygens (including phenoxy) is 1. The minimum Gasteiger partial charge on any atom is -0.492 e. The number of aromatic nitrogens is 3. The molecule has 5 heteroatoms. The Labute approximate surface area is 138 Å². The largest absolute Gasteiger partial charge is 0.492 e. The molecule has 0 N–H and O–H groups in total. The third-order valence-electron chi connectivity index (χ3n) is 3.92. The zero-order valence-corrected chi connectivity index (χ0v) is 12.9. The fourth-order valence-corrected chi connectivity index (χ4v) is 2.68. The second-order valence-electron chi connectivity index (χ2n) is 5.49. The van der Waals surface area contributed by atoms with E-state index in [0.717, 1.165) is 11.1 Å². The molecule has 0 atom stereocenters. The van der Waals surface area contributed by atoms with Gasteiger partial charge in [-0.05, 0) is 35.0 Å². The molecule has 1 aromatic heterocycles. The highest BCUT2D eigenvalue weighted by atomic mass is 16.5. The number of rotatable bonds is 4. The first-order valence-electron chi connectivity index (χ1n) is 7.75. The van der Waals surface area contributed by atoms with Gasteiger partial charge in [-0.15, -0.1) is 5.10 Å². The highest BCUT2D eigenvalue weighted by molar-refractivity contribution is 5.83. The molecule has 4 rings (SSSR count). The Bertz CT molecular complexity index is 1070. The zero-order valence-electron chi connectivity index (χ0n) is 12.9. The Balaban J connectivity index is 1.50. The van der Waals surface area contributed by atoms with E-state index in [1.807, 2.05) is 48.5 Å². The van der Waals surface area contributed by atoms with Crippen LogP contribution >= 0.6 is 0 Å². The predicted molar refractivity (Wildman–Crippen MR) is 93.2 cm³/mol. The molecular formula is C19H15N3O2. The van der Waals surface area contributed by atoms with Crippen LogP contribution in [0.5, 0.6) is 5.75 Å². The molecular weight excluding hydrogens is 302 g/mol. The van der Waals surface area contributed by atoms with Crippen molar-refractivity contribution in [1.82, 2.24) is 15.0 Å². The van der Waals surface area contributed by atoms with E-state index in [1.54, 1.807) is 12.1 Å². The van der Waals surface area contributed by atoms with Gasteiger partial charge in [0.15, 0.2) is 0 Å². The van der Waals surface area contributed by atoms with E-state index < -0.39 is 0 Å². The Morgan fingerprint density at radius 2 is 1.71 bits per heavy atom. The van der Waals surface area contributed by atoms with Crippen molar-refractivity contribution in [3.05, 3.63) is 77.1 Å². The van der Waals surface area contributed by atoms with E-state index in [-0.39, 0.29) is 5.56 Å². The molecule has 1 heterocycles. The molecule has 0 unspecified atom stereocenters. The van der Waals surface area contributed by atoms with Gasteiger partial charge in [-0.25, -0.2) is 4.68 Å². The smallest absolute Gasteiger partial charge is 0.277 e. The van der Waals surface area contributed by atoms with Gasteiger partial charge in [0.1, 0.15) is 17.9 Å². The first-order chi connectivity index (χ1) is 11.8. The Morgan fingerprint density at radius 3 is 2.62 bits per heavy atom. The SMILES string of the molecule is O=c1c2ccccc2nnn1CCOc1ccc2ccccc2c1. The Morgan fingerprint density at radius 1 is 0.917 bits per heavy atom. The molecule has 0 fully saturated rings. The number of hydrogen-bond acceptors (Lipinski definition) is 4. The summed E-state index contributed by atoms with van der Waals surface area (Å²) in [5, 5.41) is 10.9. The monoisotopic (exact) mass is 317 g/mol. The van der Waals surface area contributed by atoms with Gasteiger partial charge in [0.2, 0.25) is 0 Å². The molecule has 4 aromatic rings. The molecule has 0 amide bonds. The molecule has 3 aromatic carbocycles. The van der Waals surface area contributed by atoms with Crippen LogP contribution in [0.15, 0.2) is 71.5 Å². The van der Waals surface area contributed by atoms with Crippen LogP contribution in [0.25, 0.3) is 21.7 Å². The lowest BCUT2D eigenvalue weighted by Gasteiger charge is -2.08. The summed E-state index contributed by atoms with van der Waals surface area (Å²) in [4.78, 5) is 12.4. The third-order valence-corrected chi connectivity index (χ3v) is 3.92. The topological polar surface area (TPSA) is 57.0 Å². The average Bonchev–Trinajstić information content (AvgIpc) is 2.64. The summed E-state index contributed by atoms with van der Waals surface area (Å²) in [7, 11) is 0. The van der Waals surface area contributed by atoms with Gasteiger partial charge in [-0.2, -0.15) is 0 Å². The first kappa shape index (κ1) is 14.4. The third kappa shape index (κ3) is 2.72. The van der Waals surface area contributed by atoms with E-state index in [1.165, 1.54) is 10.1 Å². The van der Waals surface area contributed by atoms with Crippen molar-refractivity contribution in [3.8, 4) is 5.75 Å². The van der Waals surface area contributed by atoms with Gasteiger partial charge in [0.25, 0.3) is 5.56 Å². The van der Waals surface area contributed by atoms with Gasteiger partial charge in [-0.3, -0.25) is 4.79 Å². The minimum absolute atomic E-state index is 0.150. The van der Waals surface area contributed by atoms with E-state index >= 15 is 0 Å². The van der Waals surface area contributed by atoms with Gasteiger partial charge in [0.05, 0.1) is 11.9 Å². The van der Waals surface area contributed by atoms with Crippen LogP contribution in [0.1, 0.15) is 0 Å². The Hall–Kier alpha value is -3.21. The van der Waals surface area contributed by atoms with Crippen molar-refractivity contribution in [1.29, 1.82) is 0 Å². The van der Waals surface area contributed by atoms with Crippen molar-refractivity contribution in [2.24, 2.45) is 0 Å². The van der Waals surface area contributed by atoms with Crippen LogP contribution in [0.4, 0.5) is 0 Å². The Kier molecular flexibility index (Phi) is 3.67. The van der Waals surface area contributed by atoms with Crippen molar-refractivity contribution >= 4 is 21.7 Å². The maximum atomic E-state index is 12.4. The fraction of sp³-hybridized carbons (Fsp3) is 0.105. The molecule has 24 heavy (non-hydrogen) atoms. The fourth-order valence-electron chi connectivity index (χ4n) is 2.68. The average molecular weight is 317 g/mol. The van der Waals surface area contributed by atoms with Crippen molar-refractivity contribution in [2.45, 2.75) is 6.54 Å². The maximum absolute atomic E-state index is 12.4. The lowest BCUT2D eigenvalue weighted by molar-refractivity contribution is 0.286. The lowest BCUT2D eigenvalue weighted by Crippen LogP contribution is -2.26. The molecule has 0 saturated heterocycles. The number of benzene rings is 3. The van der Waals surface area contributed by atoms with Crippen LogP contribution in [0.2, 0.25) is 0 Å². The molecule has 5 nitrogen and oxygen atoms in total. The molecule has 0 aliphatic rings. The number of hydrogen-bond donors (Lipinski definition) is 0. The van der Waals surface area contributed by atoms with Crippen LogP contribution in [0, 0.1) is 0 Å². The van der Waals surface area contributed by atoms with Gasteiger partial charge in [0, 0.05) is 0 Å². The highest BCUT2D eigenvalue weighted by Gasteiger charge is 2.05. The summed E-state index contributed by atoms with van der Waals surface area (Å²) >= 11 is 0. The van der Waals surface area contributed by atoms with Crippen molar-refractivity contribution < 1.29 is 4.74 Å². The summed E-state index contributed by atoms with van der Waals surface area (Å²) in [6, 6.07) is 21.2. The summed E-state index contributed by atoms with van der Waals surface area (Å²) in [6.45, 7) is 0.703. The molecule has 0 aliphatic carbocycles. The molecule has 118 valence electrons. The first-order valence-corrected chi connectivity index (χ1v) is 7.75. The predicted octanol–water partition coefficient (Wildman–Crippen LogP) is 3.02. The van der Waals surface area contributed by atoms with Crippen LogP contribution in [-0.2, 0) is 6.54 Å². The van der Waals surface area contributed by atoms with Gasteiger partial charge in [-0.1, -0.05) is 47.7 Å². The summed E-state index contributed by atoms with van der Waals surface area (Å²) in [5.41, 5.74) is 0.455.